The normalized spacial score (nSPS) is 10.2. The first-order valence-electron chi connectivity index (χ1n) is 3.86. The van der Waals surface area contributed by atoms with E-state index < -0.39 is 0 Å². The molecule has 0 spiro atoms. The van der Waals surface area contributed by atoms with Crippen LogP contribution in [0.5, 0.6) is 0 Å². The van der Waals surface area contributed by atoms with E-state index in [9.17, 15) is 0 Å². The van der Waals surface area contributed by atoms with Crippen molar-refractivity contribution in [2.75, 3.05) is 26.1 Å². The maximum Gasteiger partial charge on any atom is 0.202 e. The van der Waals surface area contributed by atoms with Gasteiger partial charge in [-0.1, -0.05) is 0 Å². The molecule has 4 nitrogen and oxygen atoms in total. The highest BCUT2D eigenvalue weighted by Crippen LogP contribution is 2.10. The zero-order valence-electron chi connectivity index (χ0n) is 7.33. The zero-order valence-corrected chi connectivity index (χ0v) is 8.15. The average Bonchev–Trinajstić information content (AvgIpc) is 2.53. The summed E-state index contributed by atoms with van der Waals surface area (Å²) in [5.74, 6) is 0.904. The molecule has 12 heavy (non-hydrogen) atoms. The van der Waals surface area contributed by atoms with Gasteiger partial charge in [-0.2, -0.15) is 4.37 Å². The van der Waals surface area contributed by atoms with Crippen LogP contribution in [0, 0.1) is 0 Å². The van der Waals surface area contributed by atoms with Gasteiger partial charge in [0, 0.05) is 38.7 Å². The molecule has 0 unspecified atom stereocenters. The molecule has 0 amide bonds. The lowest BCUT2D eigenvalue weighted by molar-refractivity contribution is 0.194. The molecule has 1 rings (SSSR count). The highest BCUT2D eigenvalue weighted by molar-refractivity contribution is 7.09. The maximum absolute atomic E-state index is 4.93. The molecule has 0 saturated heterocycles. The van der Waals surface area contributed by atoms with E-state index in [4.69, 9.17) is 4.74 Å². The van der Waals surface area contributed by atoms with Crippen molar-refractivity contribution in [1.82, 2.24) is 9.36 Å². The topological polar surface area (TPSA) is 47.0 Å². The first-order chi connectivity index (χ1) is 5.86. The van der Waals surface area contributed by atoms with E-state index in [0.29, 0.717) is 0 Å². The molecule has 1 heterocycles. The van der Waals surface area contributed by atoms with Crippen molar-refractivity contribution in [2.45, 2.75) is 12.8 Å². The van der Waals surface area contributed by atoms with Crippen LogP contribution in [0.2, 0.25) is 0 Å². The Morgan fingerprint density at radius 1 is 1.58 bits per heavy atom. The average molecular weight is 187 g/mol. The van der Waals surface area contributed by atoms with Crippen LogP contribution in [0.1, 0.15) is 12.2 Å². The molecule has 5 heteroatoms. The van der Waals surface area contributed by atoms with Gasteiger partial charge < -0.3 is 10.1 Å². The van der Waals surface area contributed by atoms with Crippen molar-refractivity contribution < 1.29 is 4.74 Å². The lowest BCUT2D eigenvalue weighted by atomic mass is 10.3. The second-order valence-corrected chi connectivity index (χ2v) is 3.11. The second kappa shape index (κ2) is 5.05. The smallest absolute Gasteiger partial charge is 0.202 e. The maximum atomic E-state index is 4.93. The Kier molecular flexibility index (Phi) is 3.96. The minimum absolute atomic E-state index is 0.772. The third kappa shape index (κ3) is 2.75. The Hall–Kier alpha value is -0.680. The van der Waals surface area contributed by atoms with E-state index in [0.717, 1.165) is 30.4 Å². The van der Waals surface area contributed by atoms with Gasteiger partial charge in [-0.15, -0.1) is 0 Å². The fourth-order valence-corrected chi connectivity index (χ4v) is 1.39. The molecule has 0 radical (unpaired) electrons. The minimum Gasteiger partial charge on any atom is -0.385 e. The summed E-state index contributed by atoms with van der Waals surface area (Å²) >= 11 is 1.39. The predicted octanol–water partition coefficient (Wildman–Crippen LogP) is 1.16. The monoisotopic (exact) mass is 187 g/mol. The molecule has 0 saturated carbocycles. The molecule has 0 aliphatic heterocycles. The molecule has 0 aromatic carbocycles. The van der Waals surface area contributed by atoms with Crippen molar-refractivity contribution in [3.63, 3.8) is 0 Å². The number of anilines is 1. The van der Waals surface area contributed by atoms with Crippen LogP contribution in [0.25, 0.3) is 0 Å². The Labute approximate surface area is 76.1 Å². The summed E-state index contributed by atoms with van der Waals surface area (Å²) in [5, 5.41) is 3.83. The van der Waals surface area contributed by atoms with Crippen LogP contribution in [0.15, 0.2) is 0 Å². The first-order valence-corrected chi connectivity index (χ1v) is 4.63. The van der Waals surface area contributed by atoms with Gasteiger partial charge in [0.2, 0.25) is 5.13 Å². The van der Waals surface area contributed by atoms with Gasteiger partial charge in [-0.05, 0) is 6.42 Å². The van der Waals surface area contributed by atoms with Crippen LogP contribution in [0.4, 0.5) is 5.13 Å². The van der Waals surface area contributed by atoms with Crippen LogP contribution < -0.4 is 5.32 Å². The van der Waals surface area contributed by atoms with Crippen LogP contribution in [0.3, 0.4) is 0 Å². The van der Waals surface area contributed by atoms with Gasteiger partial charge in [0.1, 0.15) is 5.82 Å². The van der Waals surface area contributed by atoms with Gasteiger partial charge in [0.15, 0.2) is 0 Å². The lowest BCUT2D eigenvalue weighted by Crippen LogP contribution is -1.94. The lowest BCUT2D eigenvalue weighted by Gasteiger charge is -1.94. The van der Waals surface area contributed by atoms with E-state index in [-0.39, 0.29) is 0 Å². The number of methoxy groups -OCH3 is 1. The summed E-state index contributed by atoms with van der Waals surface area (Å²) in [7, 11) is 3.55. The van der Waals surface area contributed by atoms with Gasteiger partial charge in [0.25, 0.3) is 0 Å². The van der Waals surface area contributed by atoms with E-state index in [1.807, 2.05) is 7.05 Å². The van der Waals surface area contributed by atoms with E-state index in [2.05, 4.69) is 14.7 Å². The molecule has 0 aliphatic carbocycles. The Balaban J connectivity index is 2.31. The van der Waals surface area contributed by atoms with Crippen molar-refractivity contribution in [1.29, 1.82) is 0 Å². The third-order valence-corrected chi connectivity index (χ3v) is 2.20. The molecule has 0 bridgehead atoms. The number of aromatic nitrogens is 2. The summed E-state index contributed by atoms with van der Waals surface area (Å²) in [6.45, 7) is 0.772. The minimum atomic E-state index is 0.772. The largest absolute Gasteiger partial charge is 0.385 e. The summed E-state index contributed by atoms with van der Waals surface area (Å²) in [6, 6.07) is 0. The molecule has 0 aliphatic rings. The number of ether oxygens (including phenoxy) is 1. The summed E-state index contributed by atoms with van der Waals surface area (Å²) in [4.78, 5) is 4.24. The highest BCUT2D eigenvalue weighted by Gasteiger charge is 2.00. The van der Waals surface area contributed by atoms with Gasteiger partial charge in [-0.3, -0.25) is 0 Å². The van der Waals surface area contributed by atoms with E-state index in [1.54, 1.807) is 7.11 Å². The SMILES string of the molecule is CNc1nc(CCCOC)ns1. The standard InChI is InChI=1S/C7H13N3OS/c1-8-7-9-6(10-12-7)4-3-5-11-2/h3-5H2,1-2H3,(H,8,9,10). The van der Waals surface area contributed by atoms with E-state index in [1.165, 1.54) is 11.5 Å². The van der Waals surface area contributed by atoms with E-state index >= 15 is 0 Å². The van der Waals surface area contributed by atoms with Gasteiger partial charge in [-0.25, -0.2) is 4.98 Å². The molecule has 1 N–H and O–H groups in total. The van der Waals surface area contributed by atoms with Crippen molar-refractivity contribution >= 4 is 16.7 Å². The molecule has 68 valence electrons. The molecular formula is C7H13N3OS. The van der Waals surface area contributed by atoms with Gasteiger partial charge in [0.05, 0.1) is 0 Å². The number of nitrogens with zero attached hydrogens (tertiary/aromatic N) is 2. The molecular weight excluding hydrogens is 174 g/mol. The predicted molar refractivity (Wildman–Crippen MR) is 49.7 cm³/mol. The van der Waals surface area contributed by atoms with Crippen LogP contribution in [-0.4, -0.2) is 30.1 Å². The Morgan fingerprint density at radius 3 is 3.00 bits per heavy atom. The first kappa shape index (κ1) is 9.41. The molecule has 1 aromatic rings. The zero-order chi connectivity index (χ0) is 8.81. The summed E-state index contributed by atoms with van der Waals surface area (Å²) in [6.07, 6.45) is 1.88. The third-order valence-electron chi connectivity index (χ3n) is 1.43. The molecule has 0 fully saturated rings. The van der Waals surface area contributed by atoms with Gasteiger partial charge >= 0.3 is 0 Å². The Bertz CT molecular complexity index is 226. The van der Waals surface area contributed by atoms with Crippen LogP contribution in [-0.2, 0) is 11.2 Å². The van der Waals surface area contributed by atoms with Crippen LogP contribution >= 0.6 is 11.5 Å². The molecule has 0 atom stereocenters. The number of hydrogen-bond donors (Lipinski definition) is 1. The highest BCUT2D eigenvalue weighted by atomic mass is 32.1. The van der Waals surface area contributed by atoms with Crippen molar-refractivity contribution in [3.8, 4) is 0 Å². The van der Waals surface area contributed by atoms with Crippen molar-refractivity contribution in [3.05, 3.63) is 5.82 Å². The number of hydrogen-bond acceptors (Lipinski definition) is 5. The fourth-order valence-electron chi connectivity index (χ4n) is 0.832. The number of aryl methyl sites for hydroxylation is 1. The second-order valence-electron chi connectivity index (χ2n) is 2.36. The van der Waals surface area contributed by atoms with Crippen molar-refractivity contribution in [2.24, 2.45) is 0 Å². The fraction of sp³-hybridized carbons (Fsp3) is 0.714. The number of nitrogens with one attached hydrogen (secondary N) is 1. The summed E-state index contributed by atoms with van der Waals surface area (Å²) < 4.78 is 9.10. The summed E-state index contributed by atoms with van der Waals surface area (Å²) in [5.41, 5.74) is 0. The Morgan fingerprint density at radius 2 is 2.42 bits per heavy atom. The molecule has 1 aromatic heterocycles. The number of rotatable bonds is 5. The quantitative estimate of drug-likeness (QED) is 0.703.